The molecule has 0 bridgehead atoms. The molecule has 0 aliphatic carbocycles. The second-order valence-corrected chi connectivity index (χ2v) is 8.86. The molecule has 1 unspecified atom stereocenters. The molecule has 3 rings (SSSR count). The predicted molar refractivity (Wildman–Crippen MR) is 125 cm³/mol. The standard InChI is InChI=1S/C22H22BrN3O3S/c1-22(2,14-25-29-17-7-5-4-6-8-17)26-20(27)21(30-3)28-18-9-10-19-15(12-18)11-16(23)13-24-19/h4-14,21H,1-3H3,(H,26,27)/b25-14-. The number of para-hydroxylation sites is 1. The van der Waals surface area contributed by atoms with Crippen LogP contribution in [0.15, 0.2) is 70.4 Å². The van der Waals surface area contributed by atoms with E-state index in [2.05, 4.69) is 31.4 Å². The fourth-order valence-corrected chi connectivity index (χ4v) is 3.43. The van der Waals surface area contributed by atoms with Crippen LogP contribution >= 0.6 is 27.7 Å². The highest BCUT2D eigenvalue weighted by Crippen LogP contribution is 2.24. The zero-order chi connectivity index (χ0) is 21.6. The van der Waals surface area contributed by atoms with E-state index in [-0.39, 0.29) is 5.91 Å². The highest BCUT2D eigenvalue weighted by molar-refractivity contribution is 9.10. The maximum absolute atomic E-state index is 12.8. The number of aromatic nitrogens is 1. The molecule has 0 fully saturated rings. The van der Waals surface area contributed by atoms with Gasteiger partial charge in [-0.3, -0.25) is 9.78 Å². The number of ether oxygens (including phenoxy) is 1. The van der Waals surface area contributed by atoms with Crippen LogP contribution in [0.1, 0.15) is 13.8 Å². The molecule has 0 aliphatic heterocycles. The lowest BCUT2D eigenvalue weighted by Gasteiger charge is -2.24. The van der Waals surface area contributed by atoms with E-state index in [1.165, 1.54) is 11.8 Å². The topological polar surface area (TPSA) is 72.8 Å². The molecule has 1 aromatic heterocycles. The number of halogens is 1. The van der Waals surface area contributed by atoms with Gasteiger partial charge in [-0.15, -0.1) is 11.8 Å². The summed E-state index contributed by atoms with van der Waals surface area (Å²) >= 11 is 4.73. The molecule has 0 aliphatic rings. The van der Waals surface area contributed by atoms with Gasteiger partial charge in [0.1, 0.15) is 5.75 Å². The zero-order valence-corrected chi connectivity index (χ0v) is 19.2. The van der Waals surface area contributed by atoms with Crippen LogP contribution in [0.3, 0.4) is 0 Å². The monoisotopic (exact) mass is 487 g/mol. The van der Waals surface area contributed by atoms with Gasteiger partial charge in [0.2, 0.25) is 5.44 Å². The van der Waals surface area contributed by atoms with Crippen LogP contribution in [-0.2, 0) is 4.79 Å². The summed E-state index contributed by atoms with van der Waals surface area (Å²) in [7, 11) is 0. The van der Waals surface area contributed by atoms with E-state index in [0.717, 1.165) is 15.4 Å². The number of carbonyl (C=O) groups is 1. The average molecular weight is 488 g/mol. The third-order valence-corrected chi connectivity index (χ3v) is 5.18. The minimum atomic E-state index is -0.721. The van der Waals surface area contributed by atoms with E-state index in [4.69, 9.17) is 9.57 Å². The Kier molecular flexibility index (Phi) is 7.33. The summed E-state index contributed by atoms with van der Waals surface area (Å²) in [5.41, 5.74) is -0.585. The third-order valence-electron chi connectivity index (χ3n) is 4.01. The van der Waals surface area contributed by atoms with Crippen LogP contribution in [0.2, 0.25) is 0 Å². The largest absolute Gasteiger partial charge is 0.470 e. The molecule has 0 saturated carbocycles. The number of fused-ring (bicyclic) bond motifs is 1. The van der Waals surface area contributed by atoms with Crippen LogP contribution in [0.4, 0.5) is 0 Å². The summed E-state index contributed by atoms with van der Waals surface area (Å²) in [4.78, 5) is 22.4. The van der Waals surface area contributed by atoms with Crippen LogP contribution in [-0.4, -0.2) is 34.3 Å². The van der Waals surface area contributed by atoms with Crippen molar-refractivity contribution < 1.29 is 14.4 Å². The highest BCUT2D eigenvalue weighted by atomic mass is 79.9. The molecule has 1 atom stereocenters. The molecule has 156 valence electrons. The Morgan fingerprint density at radius 1 is 1.20 bits per heavy atom. The fourth-order valence-electron chi connectivity index (χ4n) is 2.60. The van der Waals surface area contributed by atoms with Crippen LogP contribution in [0, 0.1) is 0 Å². The smallest absolute Gasteiger partial charge is 0.272 e. The van der Waals surface area contributed by atoms with E-state index in [9.17, 15) is 4.79 Å². The predicted octanol–water partition coefficient (Wildman–Crippen LogP) is 5.02. The lowest BCUT2D eigenvalue weighted by atomic mass is 10.1. The van der Waals surface area contributed by atoms with Crippen molar-refractivity contribution in [3.63, 3.8) is 0 Å². The van der Waals surface area contributed by atoms with Gasteiger partial charge in [-0.2, -0.15) is 0 Å². The van der Waals surface area contributed by atoms with Crippen molar-refractivity contribution in [3.8, 4) is 11.5 Å². The SMILES string of the molecule is CSC(Oc1ccc2ncc(Br)cc2c1)C(=O)NC(C)(C)/C=N\Oc1ccccc1. The van der Waals surface area contributed by atoms with Gasteiger partial charge in [0.15, 0.2) is 5.75 Å². The maximum atomic E-state index is 12.8. The van der Waals surface area contributed by atoms with E-state index in [0.29, 0.717) is 11.5 Å². The summed E-state index contributed by atoms with van der Waals surface area (Å²) in [5, 5.41) is 7.83. The second kappa shape index (κ2) is 9.95. The highest BCUT2D eigenvalue weighted by Gasteiger charge is 2.26. The van der Waals surface area contributed by atoms with Gasteiger partial charge in [0, 0.05) is 16.1 Å². The molecule has 8 heteroatoms. The van der Waals surface area contributed by atoms with Gasteiger partial charge in [0.05, 0.1) is 17.3 Å². The summed E-state index contributed by atoms with van der Waals surface area (Å²) in [5.74, 6) is 0.959. The zero-order valence-electron chi connectivity index (χ0n) is 16.8. The molecule has 0 radical (unpaired) electrons. The Hall–Kier alpha value is -2.58. The number of hydrogen-bond donors (Lipinski definition) is 1. The molecule has 0 spiro atoms. The van der Waals surface area contributed by atoms with E-state index >= 15 is 0 Å². The number of hydrogen-bond acceptors (Lipinski definition) is 6. The number of benzene rings is 2. The molecular formula is C22H22BrN3O3S. The number of nitrogens with zero attached hydrogens (tertiary/aromatic N) is 2. The number of thioether (sulfide) groups is 1. The summed E-state index contributed by atoms with van der Waals surface area (Å²) < 4.78 is 6.80. The van der Waals surface area contributed by atoms with Crippen molar-refractivity contribution in [1.82, 2.24) is 10.3 Å². The van der Waals surface area contributed by atoms with Crippen molar-refractivity contribution >= 4 is 50.7 Å². The summed E-state index contributed by atoms with van der Waals surface area (Å²) in [6.45, 7) is 3.67. The maximum Gasteiger partial charge on any atom is 0.272 e. The number of nitrogens with one attached hydrogen (secondary N) is 1. The van der Waals surface area contributed by atoms with Gasteiger partial charge >= 0.3 is 0 Å². The molecule has 1 heterocycles. The first-order chi connectivity index (χ1) is 14.4. The first-order valence-corrected chi connectivity index (χ1v) is 11.3. The average Bonchev–Trinajstić information content (AvgIpc) is 2.71. The minimum Gasteiger partial charge on any atom is -0.470 e. The van der Waals surface area contributed by atoms with Crippen molar-refractivity contribution in [2.45, 2.75) is 24.8 Å². The molecule has 1 N–H and O–H groups in total. The van der Waals surface area contributed by atoms with Gasteiger partial charge < -0.3 is 14.9 Å². The van der Waals surface area contributed by atoms with Crippen LogP contribution in [0.5, 0.6) is 11.5 Å². The Bertz CT molecular complexity index is 1040. The molecular weight excluding hydrogens is 466 g/mol. The van der Waals surface area contributed by atoms with E-state index in [1.807, 2.05) is 56.5 Å². The number of pyridine rings is 1. The Morgan fingerprint density at radius 2 is 1.97 bits per heavy atom. The summed E-state index contributed by atoms with van der Waals surface area (Å²) in [6, 6.07) is 16.7. The number of oxime groups is 1. The molecule has 0 saturated heterocycles. The molecule has 3 aromatic rings. The van der Waals surface area contributed by atoms with Gasteiger partial charge in [-0.1, -0.05) is 23.4 Å². The van der Waals surface area contributed by atoms with Gasteiger partial charge in [0.25, 0.3) is 5.91 Å². The summed E-state index contributed by atoms with van der Waals surface area (Å²) in [6.07, 6.45) is 5.11. The number of rotatable bonds is 8. The molecule has 1 amide bonds. The van der Waals surface area contributed by atoms with Crippen LogP contribution < -0.4 is 14.9 Å². The van der Waals surface area contributed by atoms with Crippen molar-refractivity contribution in [2.24, 2.45) is 5.16 Å². The van der Waals surface area contributed by atoms with Crippen LogP contribution in [0.25, 0.3) is 10.9 Å². The number of carbonyl (C=O) groups excluding carboxylic acids is 1. The normalized spacial score (nSPS) is 12.7. The minimum absolute atomic E-state index is 0.258. The Labute approximate surface area is 188 Å². The second-order valence-electron chi connectivity index (χ2n) is 7.04. The Balaban J connectivity index is 1.63. The van der Waals surface area contributed by atoms with Crippen molar-refractivity contribution in [1.29, 1.82) is 0 Å². The quantitative estimate of drug-likeness (QED) is 0.274. The molecule has 2 aromatic carbocycles. The van der Waals surface area contributed by atoms with Gasteiger partial charge in [-0.05, 0) is 72.4 Å². The lowest BCUT2D eigenvalue weighted by molar-refractivity contribution is -0.125. The Morgan fingerprint density at radius 3 is 2.70 bits per heavy atom. The number of amides is 1. The molecule has 30 heavy (non-hydrogen) atoms. The lowest BCUT2D eigenvalue weighted by Crippen LogP contribution is -2.49. The first kappa shape index (κ1) is 22.1. The van der Waals surface area contributed by atoms with Gasteiger partial charge in [-0.25, -0.2) is 0 Å². The van der Waals surface area contributed by atoms with Crippen molar-refractivity contribution in [3.05, 3.63) is 65.3 Å². The van der Waals surface area contributed by atoms with E-state index < -0.39 is 11.0 Å². The van der Waals surface area contributed by atoms with Crippen molar-refractivity contribution in [2.75, 3.05) is 6.26 Å². The fraction of sp³-hybridized carbons (Fsp3) is 0.227. The first-order valence-electron chi connectivity index (χ1n) is 9.20. The van der Waals surface area contributed by atoms with E-state index in [1.54, 1.807) is 30.6 Å². The molecule has 6 nitrogen and oxygen atoms in total. The third kappa shape index (κ3) is 6.21.